The number of carbonyl (C=O) groups excluding carboxylic acids is 2. The smallest absolute Gasteiger partial charge is 0.323 e. The van der Waals surface area contributed by atoms with E-state index in [1.54, 1.807) is 0 Å². The summed E-state index contributed by atoms with van der Waals surface area (Å²) >= 11 is 0. The van der Waals surface area contributed by atoms with E-state index in [0.29, 0.717) is 0 Å². The average Bonchev–Trinajstić information content (AvgIpc) is 2.25. The summed E-state index contributed by atoms with van der Waals surface area (Å²) in [7, 11) is 2.77. The van der Waals surface area contributed by atoms with Crippen LogP contribution in [0.3, 0.4) is 0 Å². The van der Waals surface area contributed by atoms with Crippen LogP contribution in [0.25, 0.3) is 0 Å². The number of carboxylic acid groups (broad SMARTS) is 1. The molecule has 110 valence electrons. The molecule has 9 nitrogen and oxygen atoms in total. The van der Waals surface area contributed by atoms with E-state index >= 15 is 0 Å². The Balaban J connectivity index is 4.59. The highest BCUT2D eigenvalue weighted by Crippen LogP contribution is 1.99. The van der Waals surface area contributed by atoms with Crippen LogP contribution in [0, 0.1) is 0 Å². The largest absolute Gasteiger partial charge is 0.480 e. The van der Waals surface area contributed by atoms with Crippen LogP contribution < -0.4 is 5.73 Å². The van der Waals surface area contributed by atoms with Crippen LogP contribution in [-0.2, 0) is 14.3 Å². The number of rotatable bonds is 8. The summed E-state index contributed by atoms with van der Waals surface area (Å²) in [6.07, 6.45) is -0.904. The molecule has 0 aromatic heterocycles. The number of aliphatic carboxylic acids is 1. The summed E-state index contributed by atoms with van der Waals surface area (Å²) in [4.78, 5) is 35.2. The van der Waals surface area contributed by atoms with Crippen molar-refractivity contribution >= 4 is 17.9 Å². The molecule has 0 fully saturated rings. The standard InChI is InChI=1S/C10H19N3O6/c1-12(3-7(14)6-19-2)10(18)13(4-8(11)15)5-9(16)17/h7,14H,3-6H2,1-2H3,(H2,11,15)(H,16,17). The number of aliphatic hydroxyl groups excluding tert-OH is 1. The van der Waals surface area contributed by atoms with Crippen molar-refractivity contribution < 1.29 is 29.3 Å². The second-order valence-corrected chi connectivity index (χ2v) is 3.99. The number of primary amides is 1. The number of methoxy groups -OCH3 is 1. The number of ether oxygens (including phenoxy) is 1. The van der Waals surface area contributed by atoms with Crippen LogP contribution in [0.1, 0.15) is 0 Å². The molecule has 0 aliphatic heterocycles. The predicted octanol–water partition coefficient (Wildman–Crippen LogP) is -2.08. The van der Waals surface area contributed by atoms with Gasteiger partial charge in [-0.15, -0.1) is 0 Å². The molecule has 0 aliphatic rings. The highest BCUT2D eigenvalue weighted by Gasteiger charge is 2.23. The van der Waals surface area contributed by atoms with Crippen molar-refractivity contribution in [3.05, 3.63) is 0 Å². The van der Waals surface area contributed by atoms with Crippen LogP contribution in [0.4, 0.5) is 4.79 Å². The Bertz CT molecular complexity index is 319. The van der Waals surface area contributed by atoms with Crippen LogP contribution in [0.2, 0.25) is 0 Å². The first-order valence-electron chi connectivity index (χ1n) is 5.45. The van der Waals surface area contributed by atoms with Gasteiger partial charge in [0.1, 0.15) is 13.1 Å². The Hall–Kier alpha value is -1.87. The van der Waals surface area contributed by atoms with Crippen molar-refractivity contribution in [1.29, 1.82) is 0 Å². The van der Waals surface area contributed by atoms with E-state index in [2.05, 4.69) is 0 Å². The lowest BCUT2D eigenvalue weighted by atomic mass is 10.3. The molecule has 3 amide bonds. The molecule has 0 bridgehead atoms. The third-order valence-corrected chi connectivity index (χ3v) is 2.11. The third-order valence-electron chi connectivity index (χ3n) is 2.11. The van der Waals surface area contributed by atoms with Crippen molar-refractivity contribution in [2.75, 3.05) is 40.4 Å². The molecule has 1 atom stereocenters. The lowest BCUT2D eigenvalue weighted by Crippen LogP contribution is -2.49. The number of nitrogens with zero attached hydrogens (tertiary/aromatic N) is 2. The minimum Gasteiger partial charge on any atom is -0.480 e. The van der Waals surface area contributed by atoms with Gasteiger partial charge in [0.15, 0.2) is 0 Å². The summed E-state index contributed by atoms with van der Waals surface area (Å²) in [5, 5.41) is 18.1. The molecule has 4 N–H and O–H groups in total. The number of likely N-dealkylation sites (N-methyl/N-ethyl adjacent to an activating group) is 1. The number of hydrogen-bond donors (Lipinski definition) is 3. The lowest BCUT2D eigenvalue weighted by Gasteiger charge is -2.27. The quantitative estimate of drug-likeness (QED) is 0.466. The molecule has 0 saturated carbocycles. The van der Waals surface area contributed by atoms with Gasteiger partial charge in [-0.1, -0.05) is 0 Å². The lowest BCUT2D eigenvalue weighted by molar-refractivity contribution is -0.138. The van der Waals surface area contributed by atoms with Gasteiger partial charge in [-0.05, 0) is 0 Å². The molecule has 0 aliphatic carbocycles. The van der Waals surface area contributed by atoms with Crippen LogP contribution in [0.15, 0.2) is 0 Å². The van der Waals surface area contributed by atoms with E-state index in [1.165, 1.54) is 14.2 Å². The van der Waals surface area contributed by atoms with E-state index in [9.17, 15) is 19.5 Å². The zero-order chi connectivity index (χ0) is 15.0. The van der Waals surface area contributed by atoms with Gasteiger partial charge in [-0.25, -0.2) is 4.79 Å². The van der Waals surface area contributed by atoms with Gasteiger partial charge in [-0.3, -0.25) is 9.59 Å². The number of nitrogens with two attached hydrogens (primary N) is 1. The first-order valence-corrected chi connectivity index (χ1v) is 5.45. The summed E-state index contributed by atoms with van der Waals surface area (Å²) < 4.78 is 4.70. The molecule has 0 aromatic rings. The molecule has 9 heteroatoms. The Kier molecular flexibility index (Phi) is 7.46. The van der Waals surface area contributed by atoms with Gasteiger partial charge in [-0.2, -0.15) is 0 Å². The maximum absolute atomic E-state index is 11.9. The van der Waals surface area contributed by atoms with Gasteiger partial charge in [0, 0.05) is 14.2 Å². The Morgan fingerprint density at radius 1 is 1.32 bits per heavy atom. The number of carbonyl (C=O) groups is 3. The monoisotopic (exact) mass is 277 g/mol. The van der Waals surface area contributed by atoms with Crippen LogP contribution in [-0.4, -0.2) is 84.4 Å². The number of hydrogen-bond acceptors (Lipinski definition) is 5. The Morgan fingerprint density at radius 2 is 1.89 bits per heavy atom. The van der Waals surface area contributed by atoms with E-state index in [4.69, 9.17) is 15.6 Å². The molecule has 0 aromatic carbocycles. The zero-order valence-corrected chi connectivity index (χ0v) is 10.9. The fraction of sp³-hybridized carbons (Fsp3) is 0.700. The highest BCUT2D eigenvalue weighted by atomic mass is 16.5. The second-order valence-electron chi connectivity index (χ2n) is 3.99. The van der Waals surface area contributed by atoms with Gasteiger partial charge in [0.05, 0.1) is 19.3 Å². The van der Waals surface area contributed by atoms with Gasteiger partial charge in [0.2, 0.25) is 5.91 Å². The maximum Gasteiger partial charge on any atom is 0.323 e. The van der Waals surface area contributed by atoms with E-state index in [-0.39, 0.29) is 13.2 Å². The number of urea groups is 1. The molecule has 0 rings (SSSR count). The summed E-state index contributed by atoms with van der Waals surface area (Å²) in [5.74, 6) is -2.08. The normalized spacial score (nSPS) is 11.7. The third kappa shape index (κ3) is 7.21. The van der Waals surface area contributed by atoms with Crippen molar-refractivity contribution in [2.45, 2.75) is 6.10 Å². The predicted molar refractivity (Wildman–Crippen MR) is 64.3 cm³/mol. The molecular formula is C10H19N3O6. The Labute approximate surface area is 110 Å². The summed E-state index contributed by atoms with van der Waals surface area (Å²) in [6, 6.07) is -0.712. The zero-order valence-electron chi connectivity index (χ0n) is 10.9. The van der Waals surface area contributed by atoms with Gasteiger partial charge >= 0.3 is 12.0 Å². The average molecular weight is 277 g/mol. The minimum absolute atomic E-state index is 0.0341. The highest BCUT2D eigenvalue weighted by molar-refractivity contribution is 5.85. The molecule has 19 heavy (non-hydrogen) atoms. The fourth-order valence-electron chi connectivity index (χ4n) is 1.42. The topological polar surface area (TPSA) is 133 Å². The molecular weight excluding hydrogens is 258 g/mol. The molecule has 0 saturated heterocycles. The van der Waals surface area contributed by atoms with Crippen LogP contribution >= 0.6 is 0 Å². The fourth-order valence-corrected chi connectivity index (χ4v) is 1.42. The second kappa shape index (κ2) is 8.27. The first kappa shape index (κ1) is 17.1. The molecule has 0 heterocycles. The van der Waals surface area contributed by atoms with E-state index < -0.39 is 37.1 Å². The summed E-state index contributed by atoms with van der Waals surface area (Å²) in [6.45, 7) is -1.17. The van der Waals surface area contributed by atoms with Crippen molar-refractivity contribution in [1.82, 2.24) is 9.80 Å². The molecule has 1 unspecified atom stereocenters. The minimum atomic E-state index is -1.26. The maximum atomic E-state index is 11.9. The SMILES string of the molecule is COCC(O)CN(C)C(=O)N(CC(N)=O)CC(=O)O. The summed E-state index contributed by atoms with van der Waals surface area (Å²) in [5.41, 5.74) is 4.94. The van der Waals surface area contributed by atoms with Crippen molar-refractivity contribution in [2.24, 2.45) is 5.73 Å². The molecule has 0 radical (unpaired) electrons. The van der Waals surface area contributed by atoms with Crippen LogP contribution in [0.5, 0.6) is 0 Å². The number of aliphatic hydroxyl groups is 1. The first-order chi connectivity index (χ1) is 8.77. The number of amides is 3. The van der Waals surface area contributed by atoms with Gasteiger partial charge in [0.25, 0.3) is 0 Å². The van der Waals surface area contributed by atoms with Gasteiger partial charge < -0.3 is 30.5 Å². The van der Waals surface area contributed by atoms with Crippen molar-refractivity contribution in [3.8, 4) is 0 Å². The van der Waals surface area contributed by atoms with E-state index in [0.717, 1.165) is 9.80 Å². The Morgan fingerprint density at radius 3 is 2.32 bits per heavy atom. The van der Waals surface area contributed by atoms with E-state index in [1.807, 2.05) is 0 Å². The van der Waals surface area contributed by atoms with Crippen molar-refractivity contribution in [3.63, 3.8) is 0 Å². The number of carboxylic acids is 1. The molecule has 0 spiro atoms.